The highest BCUT2D eigenvalue weighted by molar-refractivity contribution is 5.99. The second-order valence-electron chi connectivity index (χ2n) is 23.0. The van der Waals surface area contributed by atoms with E-state index in [9.17, 15) is 58.2 Å². The first-order valence-electron chi connectivity index (χ1n) is 31.2. The Morgan fingerprint density at radius 3 is 1.57 bits per heavy atom. The van der Waals surface area contributed by atoms with Crippen LogP contribution in [0.25, 0.3) is 0 Å². The zero-order valence-corrected chi connectivity index (χ0v) is 53.1. The van der Waals surface area contributed by atoms with E-state index in [1.54, 1.807) is 79.9 Å². The fourth-order valence-electron chi connectivity index (χ4n) is 10.1. The minimum atomic E-state index is -1.64. The first-order chi connectivity index (χ1) is 44.4. The van der Waals surface area contributed by atoms with E-state index in [2.05, 4.69) is 53.2 Å². The van der Waals surface area contributed by atoms with Crippen molar-refractivity contribution in [3.8, 4) is 5.75 Å². The number of carboxylic acids is 1. The van der Waals surface area contributed by atoms with Crippen LogP contribution in [0.1, 0.15) is 94.7 Å². The number of hydrogen-bond donors (Lipinski definition) is 17. The van der Waals surface area contributed by atoms with E-state index in [0.29, 0.717) is 62.4 Å². The zero-order valence-electron chi connectivity index (χ0n) is 53.1. The number of phenolic OH excluding ortho intramolecular Hbond substituents is 1. The molecule has 1 fully saturated rings. The summed E-state index contributed by atoms with van der Waals surface area (Å²) in [7, 11) is 1.59. The molecule has 510 valence electrons. The second kappa shape index (κ2) is 41.1. The smallest absolute Gasteiger partial charge is 0.305 e. The average molecular weight is 1300 g/mol. The number of guanidine groups is 2. The molecule has 0 unspecified atom stereocenters. The summed E-state index contributed by atoms with van der Waals surface area (Å²) in [6, 6.07) is 12.7. The molecule has 30 heteroatoms. The predicted octanol–water partition coefficient (Wildman–Crippen LogP) is -1.63. The number of benzene rings is 3. The Hall–Kier alpha value is -9.42. The van der Waals surface area contributed by atoms with Gasteiger partial charge in [-0.1, -0.05) is 86.6 Å². The first kappa shape index (κ1) is 76.0. The highest BCUT2D eigenvalue weighted by Crippen LogP contribution is 2.21. The van der Waals surface area contributed by atoms with Gasteiger partial charge in [0.15, 0.2) is 11.9 Å². The summed E-state index contributed by atoms with van der Waals surface area (Å²) in [6.45, 7) is 6.15. The molecule has 20 N–H and O–H groups in total. The highest BCUT2D eigenvalue weighted by atomic mass is 16.5. The van der Waals surface area contributed by atoms with Crippen molar-refractivity contribution in [1.82, 2.24) is 58.1 Å². The third-order valence-corrected chi connectivity index (χ3v) is 14.9. The summed E-state index contributed by atoms with van der Waals surface area (Å²) in [5, 5.41) is 62.0. The van der Waals surface area contributed by atoms with E-state index >= 15 is 0 Å². The number of carbonyl (C=O) groups is 10. The van der Waals surface area contributed by atoms with Crippen molar-refractivity contribution in [1.29, 1.82) is 10.8 Å². The summed E-state index contributed by atoms with van der Waals surface area (Å²) in [5.74, 6) is -9.50. The van der Waals surface area contributed by atoms with Gasteiger partial charge in [0, 0.05) is 65.6 Å². The number of phenols is 1. The summed E-state index contributed by atoms with van der Waals surface area (Å²) < 4.78 is 10.5. The molecular formula is C63H94N16O14. The summed E-state index contributed by atoms with van der Waals surface area (Å²) in [6.07, 6.45) is 0.268. The van der Waals surface area contributed by atoms with E-state index in [4.69, 9.17) is 37.5 Å². The molecule has 1 aliphatic rings. The van der Waals surface area contributed by atoms with Crippen LogP contribution < -0.4 is 70.4 Å². The number of carboxylic acid groups (broad SMARTS) is 1. The van der Waals surface area contributed by atoms with Crippen LogP contribution >= 0.6 is 0 Å². The van der Waals surface area contributed by atoms with E-state index in [1.165, 1.54) is 17.0 Å². The molecule has 0 aliphatic carbocycles. The van der Waals surface area contributed by atoms with Gasteiger partial charge >= 0.3 is 5.97 Å². The molecule has 93 heavy (non-hydrogen) atoms. The SMILES string of the molecule is COCCOCCCNCCC(=O)N[C@@H](Cc1ccc(O)cc1)C(=O)N[C@@H](Cc1ccccc1)C(=O)N[C@@H](CC(C)C)C(=O)N[C@@H](Cc1ccccc1)C(=O)N[C@@H](CCCNC(=N)N)C(=O)N1CCC[C@H]1C(=O)N[C@@H](CCCNC(=N)N)C(=O)N[C@@H](CC(=O)O)C(N)=O. The molecule has 1 aliphatic heterocycles. The van der Waals surface area contributed by atoms with E-state index in [-0.39, 0.29) is 107 Å². The minimum absolute atomic E-state index is 0.0108. The number of nitrogens with two attached hydrogens (primary N) is 3. The van der Waals surface area contributed by atoms with Gasteiger partial charge in [-0.25, -0.2) is 0 Å². The number of nitrogens with zero attached hydrogens (tertiary/aromatic N) is 1. The summed E-state index contributed by atoms with van der Waals surface area (Å²) >= 11 is 0. The molecule has 4 rings (SSSR count). The topological polar surface area (TPSA) is 479 Å². The van der Waals surface area contributed by atoms with E-state index in [0.717, 1.165) is 0 Å². The predicted molar refractivity (Wildman–Crippen MR) is 344 cm³/mol. The number of amides is 9. The highest BCUT2D eigenvalue weighted by Gasteiger charge is 2.40. The van der Waals surface area contributed by atoms with Crippen LogP contribution in [0, 0.1) is 16.7 Å². The number of likely N-dealkylation sites (tertiary alicyclic amines) is 1. The van der Waals surface area contributed by atoms with Crippen LogP contribution in [0.5, 0.6) is 5.75 Å². The largest absolute Gasteiger partial charge is 0.508 e. The summed E-state index contributed by atoms with van der Waals surface area (Å²) in [5.41, 5.74) is 18.2. The van der Waals surface area contributed by atoms with Crippen LogP contribution in [-0.4, -0.2) is 194 Å². The molecule has 0 saturated carbocycles. The lowest BCUT2D eigenvalue weighted by Crippen LogP contribution is -2.61. The number of rotatable bonds is 43. The monoisotopic (exact) mass is 1300 g/mol. The number of primary amides is 1. The molecule has 0 bridgehead atoms. The molecule has 3 aromatic rings. The normalized spacial score (nSPS) is 14.9. The van der Waals surface area contributed by atoms with E-state index in [1.807, 2.05) is 13.8 Å². The standard InChI is InChI=1S/C63H94N16O14/c1-39(2)34-47(76-59(89)50(36-41-16-8-5-9-17-41)78-57(87)48(37-42-21-23-43(80)24-22-42)72-52(81)25-29-69-26-13-31-93-33-32-92-3)56(86)77-49(35-40-14-6-4-7-15-40)58(88)74-45(19-11-28-71-63(67)68)61(91)79-30-12-20-51(79)60(90)73-44(18-10-27-70-62(65)66)55(85)75-46(54(64)84)38-53(82)83/h4-9,14-17,21-24,39,44-51,69,80H,10-13,18-20,25-38H2,1-3H3,(H2,64,84)(H,72,81)(H,73,90)(H,74,88)(H,75,85)(H,76,89)(H,77,86)(H,78,87)(H,82,83)(H4,65,66,70)(H4,67,68,71)/t44-,45-,46-,47-,48-,49-,50-,51-/m0/s1. The van der Waals surface area contributed by atoms with Gasteiger partial charge in [0.1, 0.15) is 54.1 Å². The fourth-order valence-corrected chi connectivity index (χ4v) is 10.1. The Labute approximate surface area is 541 Å². The molecule has 30 nitrogen and oxygen atoms in total. The Bertz CT molecular complexity index is 2930. The zero-order chi connectivity index (χ0) is 68.2. The van der Waals surface area contributed by atoms with Crippen LogP contribution in [0.15, 0.2) is 84.9 Å². The van der Waals surface area contributed by atoms with Gasteiger partial charge in [-0.15, -0.1) is 0 Å². The lowest BCUT2D eigenvalue weighted by Gasteiger charge is -2.31. The van der Waals surface area contributed by atoms with E-state index < -0.39 is 114 Å². The number of hydrogen-bond acceptors (Lipinski definition) is 16. The molecule has 0 spiro atoms. The third kappa shape index (κ3) is 29.2. The summed E-state index contributed by atoms with van der Waals surface area (Å²) in [4.78, 5) is 140. The molecule has 9 amide bonds. The third-order valence-electron chi connectivity index (χ3n) is 14.9. The van der Waals surface area contributed by atoms with Crippen molar-refractivity contribution in [3.63, 3.8) is 0 Å². The molecule has 8 atom stereocenters. The number of aliphatic carboxylic acids is 1. The van der Waals surface area contributed by atoms with Crippen LogP contribution in [0.4, 0.5) is 0 Å². The van der Waals surface area contributed by atoms with Crippen molar-refractivity contribution in [2.24, 2.45) is 23.1 Å². The lowest BCUT2D eigenvalue weighted by atomic mass is 9.99. The van der Waals surface area contributed by atoms with Crippen LogP contribution in [0.2, 0.25) is 0 Å². The second-order valence-corrected chi connectivity index (χ2v) is 23.0. The van der Waals surface area contributed by atoms with Gasteiger partial charge in [0.05, 0.1) is 19.6 Å². The average Bonchev–Trinajstić information content (AvgIpc) is 1.81. The van der Waals surface area contributed by atoms with Gasteiger partial charge in [0.2, 0.25) is 53.2 Å². The van der Waals surface area contributed by atoms with Gasteiger partial charge in [0.25, 0.3) is 0 Å². The molecule has 0 radical (unpaired) electrons. The van der Waals surface area contributed by atoms with Crippen LogP contribution in [0.3, 0.4) is 0 Å². The number of methoxy groups -OCH3 is 1. The maximum absolute atomic E-state index is 14.9. The first-order valence-corrected chi connectivity index (χ1v) is 31.2. The molecular weight excluding hydrogens is 1200 g/mol. The Morgan fingerprint density at radius 2 is 1.05 bits per heavy atom. The molecule has 1 heterocycles. The van der Waals surface area contributed by atoms with Crippen molar-refractivity contribution >= 4 is 71.1 Å². The van der Waals surface area contributed by atoms with Gasteiger partial charge < -0.3 is 95.0 Å². The fraction of sp³-hybridized carbons (Fsp3) is 0.524. The lowest BCUT2D eigenvalue weighted by molar-refractivity contribution is -0.143. The van der Waals surface area contributed by atoms with Gasteiger partial charge in [-0.2, -0.15) is 0 Å². The van der Waals surface area contributed by atoms with Crippen LogP contribution in [-0.2, 0) is 76.7 Å². The van der Waals surface area contributed by atoms with Gasteiger partial charge in [-0.05, 0) is 92.7 Å². The van der Waals surface area contributed by atoms with Gasteiger partial charge in [-0.3, -0.25) is 58.8 Å². The Kier molecular flexibility index (Phi) is 33.6. The number of aromatic hydroxyl groups is 1. The maximum atomic E-state index is 14.9. The minimum Gasteiger partial charge on any atom is -0.508 e. The van der Waals surface area contributed by atoms with Crippen molar-refractivity contribution in [2.75, 3.05) is 59.7 Å². The number of carbonyl (C=O) groups excluding carboxylic acids is 9. The number of ether oxygens (including phenoxy) is 2. The maximum Gasteiger partial charge on any atom is 0.305 e. The molecule has 0 aromatic heterocycles. The Balaban J connectivity index is 1.62. The number of nitrogens with one attached hydrogen (secondary N) is 12. The Morgan fingerprint density at radius 1 is 0.570 bits per heavy atom. The van der Waals surface area contributed by atoms with Crippen molar-refractivity contribution in [2.45, 2.75) is 146 Å². The van der Waals surface area contributed by atoms with Crippen molar-refractivity contribution < 1.29 is 67.6 Å². The van der Waals surface area contributed by atoms with Crippen molar-refractivity contribution in [3.05, 3.63) is 102 Å². The molecule has 3 aromatic carbocycles. The molecule has 1 saturated heterocycles. The quantitative estimate of drug-likeness (QED) is 0.0172.